The minimum Gasteiger partial charge on any atom is -0.506 e. The van der Waals surface area contributed by atoms with E-state index in [4.69, 9.17) is 11.6 Å². The van der Waals surface area contributed by atoms with Crippen LogP contribution in [-0.2, 0) is 6.54 Å². The van der Waals surface area contributed by atoms with Gasteiger partial charge in [-0.3, -0.25) is 4.79 Å². The molecule has 0 aliphatic heterocycles. The lowest BCUT2D eigenvalue weighted by atomic mass is 10.00. The van der Waals surface area contributed by atoms with Crippen LogP contribution in [0.15, 0.2) is 59.7 Å². The minimum absolute atomic E-state index is 0.0485. The monoisotopic (exact) mass is 435 g/mol. The van der Waals surface area contributed by atoms with Crippen molar-refractivity contribution in [1.29, 1.82) is 0 Å². The van der Waals surface area contributed by atoms with Crippen LogP contribution in [0.2, 0.25) is 5.02 Å². The van der Waals surface area contributed by atoms with Gasteiger partial charge in [-0.15, -0.1) is 0 Å². The molecule has 156 valence electrons. The second kappa shape index (κ2) is 9.15. The van der Waals surface area contributed by atoms with Gasteiger partial charge in [0.1, 0.15) is 5.75 Å². The Bertz CT molecular complexity index is 1100. The highest BCUT2D eigenvalue weighted by Crippen LogP contribution is 2.24. The van der Waals surface area contributed by atoms with Crippen molar-refractivity contribution in [2.75, 3.05) is 6.54 Å². The second-order valence-corrected chi connectivity index (χ2v) is 6.85. The number of nitrogens with one attached hydrogen (secondary N) is 2. The molecule has 0 radical (unpaired) electrons. The molecular weight excluding hydrogens is 419 g/mol. The first-order valence-electron chi connectivity index (χ1n) is 8.84. The van der Waals surface area contributed by atoms with Crippen molar-refractivity contribution in [3.63, 3.8) is 0 Å². The van der Waals surface area contributed by atoms with Crippen molar-refractivity contribution in [1.82, 2.24) is 10.7 Å². The summed E-state index contributed by atoms with van der Waals surface area (Å²) < 4.78 is 37.1. The molecule has 0 aliphatic rings. The predicted molar refractivity (Wildman–Crippen MR) is 110 cm³/mol. The number of amides is 1. The maximum absolute atomic E-state index is 12.4. The third kappa shape index (κ3) is 5.49. The topological polar surface area (TPSA) is 73.7 Å². The molecule has 3 N–H and O–H groups in total. The van der Waals surface area contributed by atoms with Crippen molar-refractivity contribution >= 4 is 34.5 Å². The van der Waals surface area contributed by atoms with Crippen molar-refractivity contribution in [3.05, 3.63) is 76.3 Å². The smallest absolute Gasteiger partial charge is 0.401 e. The number of nitrogens with zero attached hydrogens (tertiary/aromatic N) is 1. The van der Waals surface area contributed by atoms with Crippen LogP contribution in [0.5, 0.6) is 5.75 Å². The fraction of sp³-hybridized carbons (Fsp3) is 0.143. The van der Waals surface area contributed by atoms with E-state index in [0.717, 1.165) is 16.3 Å². The van der Waals surface area contributed by atoms with Gasteiger partial charge in [-0.05, 0) is 34.5 Å². The number of halogens is 4. The molecule has 0 aromatic heterocycles. The van der Waals surface area contributed by atoms with Crippen LogP contribution in [0, 0.1) is 0 Å². The van der Waals surface area contributed by atoms with Gasteiger partial charge in [-0.2, -0.15) is 18.3 Å². The van der Waals surface area contributed by atoms with Gasteiger partial charge < -0.3 is 10.4 Å². The SMILES string of the molecule is O=C(N/N=C/c1ccc(CNCC(F)(F)F)c2ccccc12)c1ccc(O)c(Cl)c1. The van der Waals surface area contributed by atoms with Crippen molar-refractivity contribution in [2.45, 2.75) is 12.7 Å². The van der Waals surface area contributed by atoms with Crippen LogP contribution in [0.1, 0.15) is 21.5 Å². The minimum atomic E-state index is -4.28. The summed E-state index contributed by atoms with van der Waals surface area (Å²) in [5.41, 5.74) is 4.01. The Morgan fingerprint density at radius 2 is 1.83 bits per heavy atom. The van der Waals surface area contributed by atoms with Gasteiger partial charge in [0.15, 0.2) is 0 Å². The average molecular weight is 436 g/mol. The van der Waals surface area contributed by atoms with E-state index in [0.29, 0.717) is 5.56 Å². The molecule has 0 saturated carbocycles. The van der Waals surface area contributed by atoms with Gasteiger partial charge in [-0.1, -0.05) is 48.0 Å². The maximum Gasteiger partial charge on any atom is 0.401 e. The van der Waals surface area contributed by atoms with Crippen LogP contribution in [0.4, 0.5) is 13.2 Å². The van der Waals surface area contributed by atoms with Gasteiger partial charge in [-0.25, -0.2) is 5.43 Å². The number of alkyl halides is 3. The van der Waals surface area contributed by atoms with Crippen LogP contribution >= 0.6 is 11.6 Å². The average Bonchev–Trinajstić information content (AvgIpc) is 2.70. The van der Waals surface area contributed by atoms with Gasteiger partial charge >= 0.3 is 6.18 Å². The molecule has 1 amide bonds. The lowest BCUT2D eigenvalue weighted by molar-refractivity contribution is -0.125. The third-order valence-electron chi connectivity index (χ3n) is 4.27. The summed E-state index contributed by atoms with van der Waals surface area (Å²) in [4.78, 5) is 12.2. The highest BCUT2D eigenvalue weighted by molar-refractivity contribution is 6.32. The van der Waals surface area contributed by atoms with E-state index in [2.05, 4.69) is 15.8 Å². The largest absolute Gasteiger partial charge is 0.506 e. The lowest BCUT2D eigenvalue weighted by Gasteiger charge is -2.11. The van der Waals surface area contributed by atoms with E-state index in [9.17, 15) is 23.1 Å². The third-order valence-corrected chi connectivity index (χ3v) is 4.57. The van der Waals surface area contributed by atoms with Gasteiger partial charge in [0.25, 0.3) is 5.91 Å². The highest BCUT2D eigenvalue weighted by Gasteiger charge is 2.26. The van der Waals surface area contributed by atoms with E-state index in [1.165, 1.54) is 24.4 Å². The molecule has 9 heteroatoms. The molecule has 0 spiro atoms. The van der Waals surface area contributed by atoms with E-state index in [-0.39, 0.29) is 22.9 Å². The Balaban J connectivity index is 1.75. The molecule has 0 fully saturated rings. The Hall–Kier alpha value is -3.10. The van der Waals surface area contributed by atoms with E-state index >= 15 is 0 Å². The number of phenols is 1. The fourth-order valence-electron chi connectivity index (χ4n) is 2.86. The number of carbonyl (C=O) groups excluding carboxylic acids is 1. The fourth-order valence-corrected chi connectivity index (χ4v) is 3.04. The number of fused-ring (bicyclic) bond motifs is 1. The number of hydrogen-bond donors (Lipinski definition) is 3. The number of rotatable bonds is 6. The summed E-state index contributed by atoms with van der Waals surface area (Å²) in [7, 11) is 0. The predicted octanol–water partition coefficient (Wildman–Crippen LogP) is 4.61. The molecule has 3 aromatic rings. The molecule has 5 nitrogen and oxygen atoms in total. The molecular formula is C21H17ClF3N3O2. The lowest BCUT2D eigenvalue weighted by Crippen LogP contribution is -2.28. The number of aromatic hydroxyl groups is 1. The number of benzene rings is 3. The molecule has 0 unspecified atom stereocenters. The normalized spacial score (nSPS) is 11.9. The zero-order valence-electron chi connectivity index (χ0n) is 15.5. The summed E-state index contributed by atoms with van der Waals surface area (Å²) in [6.45, 7) is -1.01. The molecule has 3 aromatic carbocycles. The van der Waals surface area contributed by atoms with Crippen molar-refractivity contribution in [2.24, 2.45) is 5.10 Å². The zero-order chi connectivity index (χ0) is 21.7. The number of carbonyl (C=O) groups is 1. The Labute approximate surface area is 175 Å². The first kappa shape index (κ1) is 21.6. The van der Waals surface area contributed by atoms with E-state index in [1.807, 2.05) is 18.2 Å². The molecule has 0 saturated heterocycles. The Morgan fingerprint density at radius 1 is 1.10 bits per heavy atom. The molecule has 0 bridgehead atoms. The van der Waals surface area contributed by atoms with Crippen LogP contribution in [-0.4, -0.2) is 29.9 Å². The van der Waals surface area contributed by atoms with Crippen molar-refractivity contribution in [3.8, 4) is 5.75 Å². The Kier molecular flexibility index (Phi) is 6.59. The Morgan fingerprint density at radius 3 is 2.53 bits per heavy atom. The van der Waals surface area contributed by atoms with Gasteiger partial charge in [0.05, 0.1) is 17.8 Å². The quantitative estimate of drug-likeness (QED) is 0.391. The summed E-state index contributed by atoms with van der Waals surface area (Å²) in [6.07, 6.45) is -2.82. The highest BCUT2D eigenvalue weighted by atomic mass is 35.5. The molecule has 0 aliphatic carbocycles. The first-order valence-corrected chi connectivity index (χ1v) is 9.22. The summed E-state index contributed by atoms with van der Waals surface area (Å²) in [5, 5.41) is 17.4. The van der Waals surface area contributed by atoms with Crippen LogP contribution in [0.25, 0.3) is 10.8 Å². The number of hydrazone groups is 1. The van der Waals surface area contributed by atoms with E-state index in [1.54, 1.807) is 18.2 Å². The summed E-state index contributed by atoms with van der Waals surface area (Å²) >= 11 is 5.79. The molecule has 0 atom stereocenters. The van der Waals surface area contributed by atoms with Crippen LogP contribution in [0.3, 0.4) is 0 Å². The van der Waals surface area contributed by atoms with E-state index < -0.39 is 18.6 Å². The first-order chi connectivity index (χ1) is 14.2. The molecule has 0 heterocycles. The number of hydrogen-bond acceptors (Lipinski definition) is 4. The second-order valence-electron chi connectivity index (χ2n) is 6.44. The summed E-state index contributed by atoms with van der Waals surface area (Å²) in [6, 6.07) is 14.7. The zero-order valence-corrected chi connectivity index (χ0v) is 16.3. The molecule has 3 rings (SSSR count). The van der Waals surface area contributed by atoms with Gasteiger partial charge in [0.2, 0.25) is 0 Å². The summed E-state index contributed by atoms with van der Waals surface area (Å²) in [5.74, 6) is -0.640. The van der Waals surface area contributed by atoms with Crippen molar-refractivity contribution < 1.29 is 23.1 Å². The standard InChI is InChI=1S/C21H17ClF3N3O2/c22-18-9-13(7-8-19(18)29)20(30)28-27-11-15-6-5-14(10-26-12-21(23,24)25)16-3-1-2-4-17(15)16/h1-9,11,26,29H,10,12H2,(H,28,30)/b27-11+. The molecule has 30 heavy (non-hydrogen) atoms. The van der Waals surface area contributed by atoms with Gasteiger partial charge in [0, 0.05) is 17.7 Å². The number of phenolic OH excluding ortho intramolecular Hbond substituents is 1. The maximum atomic E-state index is 12.4. The van der Waals surface area contributed by atoms with Crippen LogP contribution < -0.4 is 10.7 Å².